The summed E-state index contributed by atoms with van der Waals surface area (Å²) in [4.78, 5) is 9.06. The predicted octanol–water partition coefficient (Wildman–Crippen LogP) is 4.74. The Kier molecular flexibility index (Phi) is 2.15. The first kappa shape index (κ1) is 12.5. The quantitative estimate of drug-likeness (QED) is 0.403. The minimum absolute atomic E-state index is 0.981. The van der Waals surface area contributed by atoms with Crippen molar-refractivity contribution in [1.29, 1.82) is 0 Å². The Morgan fingerprint density at radius 1 is 0.917 bits per heavy atom. The predicted molar refractivity (Wildman–Crippen MR) is 99.9 cm³/mol. The van der Waals surface area contributed by atoms with Gasteiger partial charge in [-0.3, -0.25) is 9.38 Å². The summed E-state index contributed by atoms with van der Waals surface area (Å²) in [5.74, 6) is 0.981. The van der Waals surface area contributed by atoms with Crippen LogP contribution in [0.15, 0.2) is 54.9 Å². The number of benzene rings is 2. The summed E-state index contributed by atoms with van der Waals surface area (Å²) in [6.07, 6.45) is 3.82. The van der Waals surface area contributed by atoms with Gasteiger partial charge in [0.05, 0.1) is 26.8 Å². The molecule has 0 radical (unpaired) electrons. The number of para-hydroxylation sites is 2. The number of aryl methyl sites for hydroxylation is 1. The maximum Gasteiger partial charge on any atom is 0.215 e. The number of pyridine rings is 1. The van der Waals surface area contributed by atoms with Crippen molar-refractivity contribution in [3.8, 4) is 0 Å². The van der Waals surface area contributed by atoms with E-state index in [1.54, 1.807) is 11.3 Å². The van der Waals surface area contributed by atoms with E-state index in [1.807, 2.05) is 18.5 Å². The highest BCUT2D eigenvalue weighted by atomic mass is 32.1. The molecule has 6 aromatic rings. The van der Waals surface area contributed by atoms with Crippen LogP contribution in [0.2, 0.25) is 0 Å². The van der Waals surface area contributed by atoms with Crippen molar-refractivity contribution < 1.29 is 0 Å². The second kappa shape index (κ2) is 4.13. The van der Waals surface area contributed by atoms with Crippen LogP contribution in [-0.4, -0.2) is 18.9 Å². The summed E-state index contributed by atoms with van der Waals surface area (Å²) in [6, 6.07) is 15.0. The zero-order chi connectivity index (χ0) is 15.8. The number of rotatable bonds is 0. The monoisotopic (exact) mass is 328 g/mol. The molecule has 0 saturated carbocycles. The van der Waals surface area contributed by atoms with Crippen molar-refractivity contribution in [2.75, 3.05) is 0 Å². The second-order valence-electron chi connectivity index (χ2n) is 6.11. The van der Waals surface area contributed by atoms with Crippen molar-refractivity contribution in [3.63, 3.8) is 0 Å². The van der Waals surface area contributed by atoms with Crippen LogP contribution in [0.5, 0.6) is 0 Å². The number of nitrogens with zero attached hydrogens (tertiary/aromatic N) is 4. The summed E-state index contributed by atoms with van der Waals surface area (Å²) in [7, 11) is 2.09. The zero-order valence-corrected chi connectivity index (χ0v) is 13.7. The molecule has 0 saturated heterocycles. The smallest absolute Gasteiger partial charge is 0.215 e. The third-order valence-corrected chi connectivity index (χ3v) is 5.92. The average Bonchev–Trinajstić information content (AvgIpc) is 3.24. The van der Waals surface area contributed by atoms with E-state index >= 15 is 0 Å². The van der Waals surface area contributed by atoms with E-state index in [-0.39, 0.29) is 0 Å². The fourth-order valence-corrected chi connectivity index (χ4v) is 4.77. The minimum atomic E-state index is 0.981. The summed E-state index contributed by atoms with van der Waals surface area (Å²) in [6.45, 7) is 0. The van der Waals surface area contributed by atoms with E-state index in [1.165, 1.54) is 31.2 Å². The fraction of sp³-hybridized carbons (Fsp3) is 0.0526. The Morgan fingerprint density at radius 3 is 2.79 bits per heavy atom. The largest absolute Gasteiger partial charge is 0.313 e. The van der Waals surface area contributed by atoms with Crippen LogP contribution in [0.25, 0.3) is 48.0 Å². The van der Waals surface area contributed by atoms with Gasteiger partial charge in [-0.15, -0.1) is 11.3 Å². The third kappa shape index (κ3) is 1.39. The maximum atomic E-state index is 4.81. The number of hydrogen-bond donors (Lipinski definition) is 0. The van der Waals surface area contributed by atoms with Gasteiger partial charge in [-0.1, -0.05) is 12.1 Å². The normalized spacial score (nSPS) is 12.4. The fourth-order valence-electron chi connectivity index (χ4n) is 3.69. The van der Waals surface area contributed by atoms with E-state index in [0.29, 0.717) is 0 Å². The Morgan fingerprint density at radius 2 is 1.83 bits per heavy atom. The molecule has 0 atom stereocenters. The molecule has 4 aromatic heterocycles. The maximum absolute atomic E-state index is 4.81. The lowest BCUT2D eigenvalue weighted by Crippen LogP contribution is -1.87. The topological polar surface area (TPSA) is 35.1 Å². The van der Waals surface area contributed by atoms with E-state index in [9.17, 15) is 0 Å². The van der Waals surface area contributed by atoms with Gasteiger partial charge in [0.1, 0.15) is 0 Å². The van der Waals surface area contributed by atoms with Crippen LogP contribution in [0.4, 0.5) is 0 Å². The molecular weight excluding hydrogens is 316 g/mol. The Bertz CT molecular complexity index is 1420. The Balaban J connectivity index is 1.90. The molecule has 4 heterocycles. The molecule has 0 fully saturated rings. The first-order chi connectivity index (χ1) is 11.8. The number of imidazole rings is 2. The molecule has 6 rings (SSSR count). The molecule has 24 heavy (non-hydrogen) atoms. The zero-order valence-electron chi connectivity index (χ0n) is 12.9. The highest BCUT2D eigenvalue weighted by Crippen LogP contribution is 2.37. The molecule has 0 aliphatic rings. The molecular formula is C19H12N4S. The van der Waals surface area contributed by atoms with Gasteiger partial charge in [-0.05, 0) is 30.3 Å². The highest BCUT2D eigenvalue weighted by molar-refractivity contribution is 7.25. The summed E-state index contributed by atoms with van der Waals surface area (Å²) in [5.41, 5.74) is 4.59. The van der Waals surface area contributed by atoms with Crippen LogP contribution in [0.1, 0.15) is 0 Å². The molecule has 0 spiro atoms. The molecule has 0 N–H and O–H groups in total. The lowest BCUT2D eigenvalue weighted by Gasteiger charge is -1.98. The van der Waals surface area contributed by atoms with Crippen LogP contribution in [-0.2, 0) is 7.05 Å². The van der Waals surface area contributed by atoms with Crippen molar-refractivity contribution in [1.82, 2.24) is 18.9 Å². The first-order valence-electron chi connectivity index (χ1n) is 7.83. The lowest BCUT2D eigenvalue weighted by molar-refractivity contribution is 0.974. The van der Waals surface area contributed by atoms with E-state index < -0.39 is 0 Å². The van der Waals surface area contributed by atoms with Gasteiger partial charge in [-0.25, -0.2) is 4.98 Å². The van der Waals surface area contributed by atoms with Crippen molar-refractivity contribution >= 4 is 59.4 Å². The standard InChI is InChI=1S/C19H12N4S/c1-22-15-8-12-11-6-7-20-10-18(11)24-17(12)9-16(15)23-14-5-3-2-4-13(14)21-19(22)23/h2-10H,1H3. The van der Waals surface area contributed by atoms with Crippen LogP contribution in [0, 0.1) is 0 Å². The van der Waals surface area contributed by atoms with Gasteiger partial charge in [0.2, 0.25) is 5.78 Å². The molecule has 114 valence electrons. The molecule has 4 nitrogen and oxygen atoms in total. The molecule has 0 bridgehead atoms. The van der Waals surface area contributed by atoms with Crippen LogP contribution < -0.4 is 0 Å². The van der Waals surface area contributed by atoms with Gasteiger partial charge < -0.3 is 4.57 Å². The number of hydrogen-bond acceptors (Lipinski definition) is 3. The number of fused-ring (bicyclic) bond motifs is 8. The summed E-state index contributed by atoms with van der Waals surface area (Å²) >= 11 is 1.80. The van der Waals surface area contributed by atoms with E-state index in [0.717, 1.165) is 16.8 Å². The third-order valence-electron chi connectivity index (χ3n) is 4.82. The van der Waals surface area contributed by atoms with Gasteiger partial charge in [0.15, 0.2) is 0 Å². The summed E-state index contributed by atoms with van der Waals surface area (Å²) < 4.78 is 6.96. The van der Waals surface area contributed by atoms with E-state index in [2.05, 4.69) is 57.4 Å². The van der Waals surface area contributed by atoms with E-state index in [4.69, 9.17) is 4.98 Å². The molecule has 0 aliphatic carbocycles. The first-order valence-corrected chi connectivity index (χ1v) is 8.65. The minimum Gasteiger partial charge on any atom is -0.313 e. The van der Waals surface area contributed by atoms with Crippen molar-refractivity contribution in [3.05, 3.63) is 54.9 Å². The Hall–Kier alpha value is -2.92. The van der Waals surface area contributed by atoms with Crippen molar-refractivity contribution in [2.24, 2.45) is 7.05 Å². The van der Waals surface area contributed by atoms with Gasteiger partial charge in [0.25, 0.3) is 0 Å². The number of thiophene rings is 1. The molecule has 0 amide bonds. The lowest BCUT2D eigenvalue weighted by atomic mass is 10.1. The van der Waals surface area contributed by atoms with Gasteiger partial charge >= 0.3 is 0 Å². The highest BCUT2D eigenvalue weighted by Gasteiger charge is 2.16. The Labute approximate surface area is 140 Å². The molecule has 0 aliphatic heterocycles. The summed E-state index contributed by atoms with van der Waals surface area (Å²) in [5, 5.41) is 2.56. The average molecular weight is 328 g/mol. The second-order valence-corrected chi connectivity index (χ2v) is 7.19. The van der Waals surface area contributed by atoms with Crippen LogP contribution in [0.3, 0.4) is 0 Å². The number of aromatic nitrogens is 4. The SMILES string of the molecule is Cn1c2cc3c(cc2n2c4ccccc4nc12)sc1cnccc13. The molecule has 5 heteroatoms. The van der Waals surface area contributed by atoms with Crippen LogP contribution >= 0.6 is 11.3 Å². The van der Waals surface area contributed by atoms with Gasteiger partial charge in [0, 0.05) is 34.9 Å². The van der Waals surface area contributed by atoms with Crippen molar-refractivity contribution in [2.45, 2.75) is 0 Å². The molecule has 2 aromatic carbocycles. The van der Waals surface area contributed by atoms with Gasteiger partial charge in [-0.2, -0.15) is 0 Å². The molecule has 0 unspecified atom stereocenters.